The van der Waals surface area contributed by atoms with E-state index in [4.69, 9.17) is 44.6 Å². The first-order valence-electron chi connectivity index (χ1n) is 19.5. The van der Waals surface area contributed by atoms with Crippen molar-refractivity contribution in [3.05, 3.63) is 85.7 Å². The van der Waals surface area contributed by atoms with Crippen LogP contribution in [0.4, 0.5) is 23.3 Å². The Morgan fingerprint density at radius 3 is 1.53 bits per heavy atom. The molecule has 0 spiro atoms. The molecule has 2 aliphatic rings. The van der Waals surface area contributed by atoms with Crippen molar-refractivity contribution >= 4 is 29.2 Å². The number of nitrogens with two attached hydrogens (primary N) is 1. The van der Waals surface area contributed by atoms with Crippen LogP contribution in [0.3, 0.4) is 0 Å². The Morgan fingerprint density at radius 2 is 1.12 bits per heavy atom. The maximum atomic E-state index is 12.3. The second-order valence-electron chi connectivity index (χ2n) is 14.9. The summed E-state index contributed by atoms with van der Waals surface area (Å²) >= 11 is 0. The molecule has 6 aromatic rings. The van der Waals surface area contributed by atoms with E-state index < -0.39 is 5.41 Å². The predicted octanol–water partition coefficient (Wildman–Crippen LogP) is 5.46. The van der Waals surface area contributed by atoms with Crippen molar-refractivity contribution in [1.82, 2.24) is 39.9 Å². The van der Waals surface area contributed by atoms with Gasteiger partial charge < -0.3 is 39.8 Å². The molecule has 0 saturated carbocycles. The van der Waals surface area contributed by atoms with Crippen LogP contribution in [0.5, 0.6) is 11.5 Å². The number of carbonyl (C=O) groups is 1. The minimum atomic E-state index is -0.504. The number of rotatable bonds is 9. The van der Waals surface area contributed by atoms with Gasteiger partial charge in [0.1, 0.15) is 34.8 Å². The van der Waals surface area contributed by atoms with Gasteiger partial charge in [-0.3, -0.25) is 14.8 Å². The minimum Gasteiger partial charge on any atom is -0.495 e. The lowest BCUT2D eigenvalue weighted by Gasteiger charge is -2.28. The molecule has 6 aromatic heterocycles. The standard InChI is InChI=1S/C24H28N6O3.C19H20N6O2/c1-24(2,3)23(31)28-20-6-5-16(14-26-20)22-27-19(17-11-18(32-4)15-25-13-17)12-21(29-22)30-7-9-33-10-8-30;1-26-15-8-14(10-21-12-15)16-9-18(25-4-6-27-7-5-25)24-19(23-16)13-2-3-17(20)22-11-13/h5-6,11-15H,7-10H2,1-4H3,(H,26,28,31);2-3,8-12H,4-7H2,1H3,(H2,20,22). The Morgan fingerprint density at radius 1 is 0.633 bits per heavy atom. The van der Waals surface area contributed by atoms with Crippen molar-refractivity contribution in [3.8, 4) is 56.8 Å². The highest BCUT2D eigenvalue weighted by Gasteiger charge is 2.22. The molecular formula is C43H48N12O5. The van der Waals surface area contributed by atoms with Crippen LogP contribution in [-0.4, -0.2) is 113 Å². The van der Waals surface area contributed by atoms with Crippen molar-refractivity contribution in [1.29, 1.82) is 0 Å². The molecule has 17 heteroatoms. The number of amides is 1. The lowest BCUT2D eigenvalue weighted by Crippen LogP contribution is -2.36. The lowest BCUT2D eigenvalue weighted by atomic mass is 9.96. The monoisotopic (exact) mass is 812 g/mol. The van der Waals surface area contributed by atoms with E-state index in [0.29, 0.717) is 61.2 Å². The van der Waals surface area contributed by atoms with E-state index in [0.717, 1.165) is 71.5 Å². The number of methoxy groups -OCH3 is 2. The second-order valence-corrected chi connectivity index (χ2v) is 14.9. The van der Waals surface area contributed by atoms with Gasteiger partial charge in [-0.2, -0.15) is 0 Å². The van der Waals surface area contributed by atoms with Crippen LogP contribution in [0, 0.1) is 5.41 Å². The number of nitrogen functional groups attached to an aromatic ring is 1. The van der Waals surface area contributed by atoms with E-state index in [1.807, 2.05) is 57.2 Å². The van der Waals surface area contributed by atoms with Gasteiger partial charge in [-0.15, -0.1) is 0 Å². The van der Waals surface area contributed by atoms with Crippen LogP contribution in [0.25, 0.3) is 45.3 Å². The average Bonchev–Trinajstić information content (AvgIpc) is 3.29. The number of carbonyl (C=O) groups excluding carboxylic acids is 1. The molecule has 0 aliphatic carbocycles. The van der Waals surface area contributed by atoms with E-state index in [1.54, 1.807) is 63.5 Å². The molecule has 2 aliphatic heterocycles. The quantitative estimate of drug-likeness (QED) is 0.186. The van der Waals surface area contributed by atoms with Gasteiger partial charge in [0.2, 0.25) is 5.91 Å². The molecule has 0 unspecified atom stereocenters. The molecule has 3 N–H and O–H groups in total. The van der Waals surface area contributed by atoms with Crippen molar-refractivity contribution in [2.75, 3.05) is 87.7 Å². The summed E-state index contributed by atoms with van der Waals surface area (Å²) in [5.74, 6) is 4.96. The molecule has 310 valence electrons. The van der Waals surface area contributed by atoms with Crippen molar-refractivity contribution < 1.29 is 23.7 Å². The number of hydrogen-bond acceptors (Lipinski definition) is 16. The smallest absolute Gasteiger partial charge is 0.230 e. The highest BCUT2D eigenvalue weighted by atomic mass is 16.5. The number of morpholine rings is 2. The third kappa shape index (κ3) is 10.4. The molecule has 0 aromatic carbocycles. The van der Waals surface area contributed by atoms with E-state index in [1.165, 1.54) is 0 Å². The highest BCUT2D eigenvalue weighted by molar-refractivity contribution is 5.93. The van der Waals surface area contributed by atoms with Crippen LogP contribution in [0.15, 0.2) is 85.7 Å². The molecule has 17 nitrogen and oxygen atoms in total. The molecule has 0 bridgehead atoms. The second kappa shape index (κ2) is 18.8. The zero-order chi connectivity index (χ0) is 42.1. The van der Waals surface area contributed by atoms with Crippen molar-refractivity contribution in [3.63, 3.8) is 0 Å². The third-order valence-corrected chi connectivity index (χ3v) is 9.57. The van der Waals surface area contributed by atoms with Crippen molar-refractivity contribution in [2.24, 2.45) is 5.41 Å². The van der Waals surface area contributed by atoms with Crippen LogP contribution in [0.1, 0.15) is 20.8 Å². The molecule has 1 amide bonds. The third-order valence-electron chi connectivity index (χ3n) is 9.57. The van der Waals surface area contributed by atoms with Crippen LogP contribution in [0.2, 0.25) is 0 Å². The fourth-order valence-electron chi connectivity index (χ4n) is 6.11. The van der Waals surface area contributed by atoms with Gasteiger partial charge in [-0.05, 0) is 36.4 Å². The van der Waals surface area contributed by atoms with E-state index in [2.05, 4.69) is 35.1 Å². The fraction of sp³-hybridized carbons (Fsp3) is 0.326. The van der Waals surface area contributed by atoms with E-state index in [9.17, 15) is 4.79 Å². The van der Waals surface area contributed by atoms with Crippen molar-refractivity contribution in [2.45, 2.75) is 20.8 Å². The largest absolute Gasteiger partial charge is 0.495 e. The van der Waals surface area contributed by atoms with Gasteiger partial charge in [0, 0.05) is 90.8 Å². The van der Waals surface area contributed by atoms with Crippen LogP contribution < -0.4 is 30.3 Å². The fourth-order valence-corrected chi connectivity index (χ4v) is 6.11. The number of nitrogens with one attached hydrogen (secondary N) is 1. The number of hydrogen-bond donors (Lipinski definition) is 2. The lowest BCUT2D eigenvalue weighted by molar-refractivity contribution is -0.123. The minimum absolute atomic E-state index is 0.0962. The zero-order valence-electron chi connectivity index (χ0n) is 34.3. The topological polar surface area (TPSA) is 202 Å². The van der Waals surface area contributed by atoms with Crippen LogP contribution in [-0.2, 0) is 14.3 Å². The van der Waals surface area contributed by atoms with Gasteiger partial charge in [-0.25, -0.2) is 29.9 Å². The van der Waals surface area contributed by atoms with Gasteiger partial charge >= 0.3 is 0 Å². The number of nitrogens with zero attached hydrogens (tertiary/aromatic N) is 10. The van der Waals surface area contributed by atoms with Crippen LogP contribution >= 0.6 is 0 Å². The molecule has 8 rings (SSSR count). The normalized spacial score (nSPS) is 14.2. The Balaban J connectivity index is 0.000000185. The molecular weight excluding hydrogens is 765 g/mol. The van der Waals surface area contributed by atoms with Gasteiger partial charge in [0.25, 0.3) is 0 Å². The maximum absolute atomic E-state index is 12.3. The maximum Gasteiger partial charge on any atom is 0.230 e. The molecule has 0 atom stereocenters. The summed E-state index contributed by atoms with van der Waals surface area (Å²) in [6, 6.07) is 15.0. The van der Waals surface area contributed by atoms with Gasteiger partial charge in [0.05, 0.1) is 64.4 Å². The summed E-state index contributed by atoms with van der Waals surface area (Å²) in [6.07, 6.45) is 10.2. The molecule has 60 heavy (non-hydrogen) atoms. The Labute approximate surface area is 348 Å². The average molecular weight is 813 g/mol. The Kier molecular flexibility index (Phi) is 13.0. The molecule has 2 saturated heterocycles. The first-order valence-corrected chi connectivity index (χ1v) is 19.5. The predicted molar refractivity (Wildman–Crippen MR) is 229 cm³/mol. The zero-order valence-corrected chi connectivity index (χ0v) is 34.3. The number of pyridine rings is 4. The van der Waals surface area contributed by atoms with Gasteiger partial charge in [-0.1, -0.05) is 20.8 Å². The van der Waals surface area contributed by atoms with Gasteiger partial charge in [0.15, 0.2) is 11.6 Å². The Hall–Kier alpha value is -6.85. The summed E-state index contributed by atoms with van der Waals surface area (Å²) < 4.78 is 21.6. The highest BCUT2D eigenvalue weighted by Crippen LogP contribution is 2.30. The summed E-state index contributed by atoms with van der Waals surface area (Å²) in [7, 11) is 3.22. The number of aromatic nitrogens is 8. The molecule has 0 radical (unpaired) electrons. The Bertz CT molecular complexity index is 2380. The van der Waals surface area contributed by atoms with E-state index in [-0.39, 0.29) is 5.91 Å². The summed E-state index contributed by atoms with van der Waals surface area (Å²) in [5, 5.41) is 2.84. The first-order chi connectivity index (χ1) is 29.1. The number of ether oxygens (including phenoxy) is 4. The number of anilines is 4. The SMILES string of the molecule is COc1cncc(-c2cc(N3CCOCC3)nc(-c3ccc(N)nc3)n2)c1.COc1cncc(-c2cc(N3CCOCC3)nc(-c3ccc(NC(=O)C(C)(C)C)nc3)n2)c1. The van der Waals surface area contributed by atoms with E-state index >= 15 is 0 Å². The molecule has 2 fully saturated rings. The first kappa shape index (κ1) is 41.3. The molecule has 8 heterocycles. The summed E-state index contributed by atoms with van der Waals surface area (Å²) in [4.78, 5) is 52.8. The summed E-state index contributed by atoms with van der Waals surface area (Å²) in [6.45, 7) is 11.3. The summed E-state index contributed by atoms with van der Waals surface area (Å²) in [5.41, 5.74) is 9.94.